The topological polar surface area (TPSA) is 21.3 Å². The third-order valence-electron chi connectivity index (χ3n) is 4.39. The molecule has 0 saturated carbocycles. The first kappa shape index (κ1) is 17.6. The molecular weight excluding hydrogens is 282 g/mol. The SMILES string of the molecule is CCC(C)Oc1ccccc1C(C)NCCc1ccccc1C. The molecule has 124 valence electrons. The van der Waals surface area contributed by atoms with Gasteiger partial charge in [0.15, 0.2) is 0 Å². The molecule has 2 aromatic carbocycles. The zero-order chi connectivity index (χ0) is 16.7. The molecular formula is C21H29NO. The third-order valence-corrected chi connectivity index (χ3v) is 4.39. The van der Waals surface area contributed by atoms with Crippen LogP contribution in [0.5, 0.6) is 5.75 Å². The van der Waals surface area contributed by atoms with Gasteiger partial charge in [0, 0.05) is 11.6 Å². The zero-order valence-electron chi connectivity index (χ0n) is 14.8. The summed E-state index contributed by atoms with van der Waals surface area (Å²) in [6, 6.07) is 17.2. The molecule has 2 aromatic rings. The van der Waals surface area contributed by atoms with Crippen LogP contribution in [-0.4, -0.2) is 12.6 Å². The van der Waals surface area contributed by atoms with Gasteiger partial charge in [-0.3, -0.25) is 0 Å². The van der Waals surface area contributed by atoms with Crippen LogP contribution in [0.4, 0.5) is 0 Å². The first-order chi connectivity index (χ1) is 11.1. The van der Waals surface area contributed by atoms with Crippen LogP contribution in [0.25, 0.3) is 0 Å². The minimum absolute atomic E-state index is 0.246. The molecule has 2 nitrogen and oxygen atoms in total. The fourth-order valence-electron chi connectivity index (χ4n) is 2.67. The molecule has 0 saturated heterocycles. The Hall–Kier alpha value is -1.80. The highest BCUT2D eigenvalue weighted by Gasteiger charge is 2.12. The Balaban J connectivity index is 1.95. The lowest BCUT2D eigenvalue weighted by molar-refractivity contribution is 0.213. The fraction of sp³-hybridized carbons (Fsp3) is 0.429. The van der Waals surface area contributed by atoms with E-state index in [9.17, 15) is 0 Å². The second-order valence-electron chi connectivity index (χ2n) is 6.23. The Morgan fingerprint density at radius 1 is 1.00 bits per heavy atom. The van der Waals surface area contributed by atoms with Crippen LogP contribution in [-0.2, 0) is 6.42 Å². The minimum atomic E-state index is 0.246. The molecule has 0 heterocycles. The highest BCUT2D eigenvalue weighted by Crippen LogP contribution is 2.26. The average Bonchev–Trinajstić information content (AvgIpc) is 2.57. The zero-order valence-corrected chi connectivity index (χ0v) is 14.8. The molecule has 0 amide bonds. The van der Waals surface area contributed by atoms with E-state index in [1.807, 2.05) is 6.07 Å². The van der Waals surface area contributed by atoms with E-state index in [4.69, 9.17) is 4.74 Å². The molecule has 0 aliphatic heterocycles. The molecule has 1 N–H and O–H groups in total. The molecule has 0 aliphatic rings. The molecule has 2 rings (SSSR count). The molecule has 0 radical (unpaired) electrons. The van der Waals surface area contributed by atoms with Gasteiger partial charge in [0.25, 0.3) is 0 Å². The van der Waals surface area contributed by atoms with Crippen molar-refractivity contribution in [2.45, 2.75) is 52.7 Å². The van der Waals surface area contributed by atoms with E-state index in [-0.39, 0.29) is 12.1 Å². The van der Waals surface area contributed by atoms with E-state index in [2.05, 4.69) is 75.5 Å². The third kappa shape index (κ3) is 5.11. The maximum atomic E-state index is 6.06. The van der Waals surface area contributed by atoms with Gasteiger partial charge in [0.2, 0.25) is 0 Å². The van der Waals surface area contributed by atoms with E-state index in [0.717, 1.165) is 25.1 Å². The number of hydrogen-bond acceptors (Lipinski definition) is 2. The Labute approximate surface area is 140 Å². The number of nitrogens with one attached hydrogen (secondary N) is 1. The van der Waals surface area contributed by atoms with Gasteiger partial charge < -0.3 is 10.1 Å². The number of hydrogen-bond donors (Lipinski definition) is 1. The lowest BCUT2D eigenvalue weighted by Crippen LogP contribution is -2.23. The van der Waals surface area contributed by atoms with Gasteiger partial charge in [-0.25, -0.2) is 0 Å². The second-order valence-corrected chi connectivity index (χ2v) is 6.23. The highest BCUT2D eigenvalue weighted by atomic mass is 16.5. The largest absolute Gasteiger partial charge is 0.490 e. The molecule has 0 aromatic heterocycles. The lowest BCUT2D eigenvalue weighted by atomic mass is 10.0. The van der Waals surface area contributed by atoms with Gasteiger partial charge in [0.05, 0.1) is 6.10 Å². The van der Waals surface area contributed by atoms with Gasteiger partial charge in [0.1, 0.15) is 5.75 Å². The standard InChI is InChI=1S/C21H29NO/c1-5-17(3)23-21-13-9-8-12-20(21)18(4)22-15-14-19-11-7-6-10-16(19)2/h6-13,17-18,22H,5,14-15H2,1-4H3. The summed E-state index contributed by atoms with van der Waals surface area (Å²) in [4.78, 5) is 0. The summed E-state index contributed by atoms with van der Waals surface area (Å²) in [5, 5.41) is 3.63. The monoisotopic (exact) mass is 311 g/mol. The summed E-state index contributed by atoms with van der Waals surface area (Å²) >= 11 is 0. The van der Waals surface area contributed by atoms with Crippen molar-refractivity contribution in [2.75, 3.05) is 6.54 Å². The van der Waals surface area contributed by atoms with Crippen molar-refractivity contribution in [3.8, 4) is 5.75 Å². The molecule has 23 heavy (non-hydrogen) atoms. The van der Waals surface area contributed by atoms with Crippen molar-refractivity contribution < 1.29 is 4.74 Å². The summed E-state index contributed by atoms with van der Waals surface area (Å²) in [6.07, 6.45) is 2.31. The van der Waals surface area contributed by atoms with Crippen LogP contribution in [0.2, 0.25) is 0 Å². The quantitative estimate of drug-likeness (QED) is 0.735. The number of rotatable bonds is 8. The predicted octanol–water partition coefficient (Wildman–Crippen LogP) is 5.07. The van der Waals surface area contributed by atoms with Crippen LogP contribution in [0.15, 0.2) is 48.5 Å². The van der Waals surface area contributed by atoms with Gasteiger partial charge in [-0.2, -0.15) is 0 Å². The van der Waals surface area contributed by atoms with Crippen LogP contribution in [0.1, 0.15) is 49.9 Å². The lowest BCUT2D eigenvalue weighted by Gasteiger charge is -2.21. The Morgan fingerprint density at radius 3 is 2.43 bits per heavy atom. The molecule has 2 atom stereocenters. The van der Waals surface area contributed by atoms with E-state index in [0.29, 0.717) is 0 Å². The predicted molar refractivity (Wildman–Crippen MR) is 98.1 cm³/mol. The normalized spacial score (nSPS) is 13.6. The van der Waals surface area contributed by atoms with Crippen LogP contribution in [0, 0.1) is 6.92 Å². The van der Waals surface area contributed by atoms with Crippen molar-refractivity contribution in [3.63, 3.8) is 0 Å². The first-order valence-corrected chi connectivity index (χ1v) is 8.65. The fourth-order valence-corrected chi connectivity index (χ4v) is 2.67. The summed E-state index contributed by atoms with van der Waals surface area (Å²) in [5.41, 5.74) is 4.01. The summed E-state index contributed by atoms with van der Waals surface area (Å²) in [6.45, 7) is 9.61. The molecule has 0 fully saturated rings. The van der Waals surface area contributed by atoms with Crippen LogP contribution >= 0.6 is 0 Å². The van der Waals surface area contributed by atoms with E-state index in [1.54, 1.807) is 0 Å². The van der Waals surface area contributed by atoms with Crippen molar-refractivity contribution >= 4 is 0 Å². The Morgan fingerprint density at radius 2 is 1.70 bits per heavy atom. The molecule has 2 heteroatoms. The summed E-state index contributed by atoms with van der Waals surface area (Å²) in [5.74, 6) is 0.998. The first-order valence-electron chi connectivity index (χ1n) is 8.65. The van der Waals surface area contributed by atoms with Gasteiger partial charge in [-0.1, -0.05) is 49.4 Å². The van der Waals surface area contributed by atoms with Crippen LogP contribution < -0.4 is 10.1 Å². The maximum absolute atomic E-state index is 6.06. The van der Waals surface area contributed by atoms with Crippen molar-refractivity contribution in [2.24, 2.45) is 0 Å². The molecule has 0 bridgehead atoms. The van der Waals surface area contributed by atoms with E-state index >= 15 is 0 Å². The summed E-state index contributed by atoms with van der Waals surface area (Å²) < 4.78 is 6.06. The highest BCUT2D eigenvalue weighted by molar-refractivity contribution is 5.36. The average molecular weight is 311 g/mol. The smallest absolute Gasteiger partial charge is 0.124 e. The van der Waals surface area contributed by atoms with Crippen molar-refractivity contribution in [1.29, 1.82) is 0 Å². The van der Waals surface area contributed by atoms with Gasteiger partial charge in [-0.15, -0.1) is 0 Å². The van der Waals surface area contributed by atoms with Crippen LogP contribution in [0.3, 0.4) is 0 Å². The number of aryl methyl sites for hydroxylation is 1. The number of ether oxygens (including phenoxy) is 1. The Kier molecular flexibility index (Phi) is 6.66. The van der Waals surface area contributed by atoms with Crippen molar-refractivity contribution in [1.82, 2.24) is 5.32 Å². The molecule has 0 spiro atoms. The van der Waals surface area contributed by atoms with E-state index in [1.165, 1.54) is 16.7 Å². The van der Waals surface area contributed by atoms with Gasteiger partial charge in [-0.05, 0) is 57.4 Å². The molecule has 2 unspecified atom stereocenters. The summed E-state index contributed by atoms with van der Waals surface area (Å²) in [7, 11) is 0. The number of para-hydroxylation sites is 1. The maximum Gasteiger partial charge on any atom is 0.124 e. The molecule has 0 aliphatic carbocycles. The second kappa shape index (κ2) is 8.73. The Bertz CT molecular complexity index is 608. The van der Waals surface area contributed by atoms with Crippen molar-refractivity contribution in [3.05, 3.63) is 65.2 Å². The number of benzene rings is 2. The van der Waals surface area contributed by atoms with E-state index < -0.39 is 0 Å². The minimum Gasteiger partial charge on any atom is -0.490 e. The van der Waals surface area contributed by atoms with Gasteiger partial charge >= 0.3 is 0 Å².